The third-order valence-electron chi connectivity index (χ3n) is 4.84. The minimum atomic E-state index is -0.960. The van der Waals surface area contributed by atoms with Gasteiger partial charge in [0.05, 0.1) is 0 Å². The van der Waals surface area contributed by atoms with Crippen LogP contribution in [0.25, 0.3) is 0 Å². The van der Waals surface area contributed by atoms with Crippen LogP contribution in [-0.2, 0) is 16.5 Å². The summed E-state index contributed by atoms with van der Waals surface area (Å²) >= 11 is 14.6. The van der Waals surface area contributed by atoms with E-state index in [0.717, 1.165) is 0 Å². The Bertz CT molecular complexity index is 967. The number of benzene rings is 4. The van der Waals surface area contributed by atoms with Crippen molar-refractivity contribution < 1.29 is 16.5 Å². The van der Waals surface area contributed by atoms with Gasteiger partial charge in [-0.3, -0.25) is 0 Å². The van der Waals surface area contributed by atoms with Crippen molar-refractivity contribution >= 4 is 60.3 Å². The van der Waals surface area contributed by atoms with Gasteiger partial charge in [-0.05, 0) is 37.1 Å². The fraction of sp³-hybridized carbons (Fsp3) is 0.0769. The molecule has 4 rings (SSSR count). The zero-order chi connectivity index (χ0) is 20.8. The minimum Gasteiger partial charge on any atom is -0.0954 e. The number of halogens is 2. The number of alkyl halides is 2. The predicted molar refractivity (Wildman–Crippen MR) is 137 cm³/mol. The van der Waals surface area contributed by atoms with Gasteiger partial charge >= 0.3 is 0 Å². The molecule has 0 fully saturated rings. The first kappa shape index (κ1) is 24.5. The van der Waals surface area contributed by atoms with Crippen molar-refractivity contribution in [2.75, 3.05) is 6.16 Å². The van der Waals surface area contributed by atoms with Gasteiger partial charge in [0.1, 0.15) is 4.07 Å². The molecule has 31 heavy (non-hydrogen) atoms. The first-order valence-electron chi connectivity index (χ1n) is 9.81. The molecule has 0 unspecified atom stereocenters. The topological polar surface area (TPSA) is 0 Å². The summed E-state index contributed by atoms with van der Waals surface area (Å²) in [6.45, 7) is 0. The Labute approximate surface area is 207 Å². The van der Waals surface area contributed by atoms with Crippen LogP contribution in [0.15, 0.2) is 121 Å². The van der Waals surface area contributed by atoms with Crippen molar-refractivity contribution in [1.29, 1.82) is 0 Å². The quantitative estimate of drug-likeness (QED) is 0.149. The Morgan fingerprint density at radius 3 is 1.10 bits per heavy atom. The molecule has 0 aromatic heterocycles. The van der Waals surface area contributed by atoms with E-state index in [4.69, 9.17) is 23.2 Å². The maximum Gasteiger partial charge on any atom is 0.149 e. The first-order valence-corrected chi connectivity index (χ1v) is 13.4. The van der Waals surface area contributed by atoms with Crippen molar-refractivity contribution in [3.63, 3.8) is 0 Å². The zero-order valence-corrected chi connectivity index (χ0v) is 21.0. The van der Waals surface area contributed by atoms with E-state index < -0.39 is 19.9 Å². The smallest absolute Gasteiger partial charge is 0.0954 e. The summed E-state index contributed by atoms with van der Waals surface area (Å²) in [5.41, 5.74) is 0. The molecule has 0 N–H and O–H groups in total. The van der Waals surface area contributed by atoms with Gasteiger partial charge in [-0.25, -0.2) is 0 Å². The van der Waals surface area contributed by atoms with Crippen LogP contribution in [0.5, 0.6) is 0 Å². The molecule has 0 bridgehead atoms. The number of hydrogen-bond donors (Lipinski definition) is 0. The van der Waals surface area contributed by atoms with Crippen LogP contribution >= 0.6 is 39.0 Å². The van der Waals surface area contributed by atoms with Gasteiger partial charge in [0.15, 0.2) is 0 Å². The van der Waals surface area contributed by atoms with E-state index in [-0.39, 0.29) is 16.5 Å². The van der Waals surface area contributed by atoms with Gasteiger partial charge in [0, 0.05) is 22.7 Å². The SMILES string of the molecule is ClC(Cl)(CP(c1ccccc1)c1ccccc1)P(c1ccccc1)c1ccccc1.[Ni]. The largest absolute Gasteiger partial charge is 0.149 e. The summed E-state index contributed by atoms with van der Waals surface area (Å²) in [4.78, 5) is 0. The van der Waals surface area contributed by atoms with E-state index in [1.807, 2.05) is 12.1 Å². The van der Waals surface area contributed by atoms with Gasteiger partial charge in [0.2, 0.25) is 0 Å². The Hall–Kier alpha value is -1.19. The second-order valence-corrected chi connectivity index (χ2v) is 13.6. The Morgan fingerprint density at radius 2 is 0.774 bits per heavy atom. The summed E-state index contributed by atoms with van der Waals surface area (Å²) < 4.78 is -0.907. The average molecular weight is 526 g/mol. The third-order valence-corrected chi connectivity index (χ3v) is 11.8. The first-order chi connectivity index (χ1) is 14.6. The van der Waals surface area contributed by atoms with Crippen molar-refractivity contribution in [2.45, 2.75) is 4.07 Å². The van der Waals surface area contributed by atoms with E-state index in [0.29, 0.717) is 6.16 Å². The molecule has 160 valence electrons. The fourth-order valence-corrected chi connectivity index (χ4v) is 10.5. The van der Waals surface area contributed by atoms with Crippen LogP contribution in [0.1, 0.15) is 0 Å². The van der Waals surface area contributed by atoms with E-state index in [2.05, 4.69) is 109 Å². The Balaban J connectivity index is 0.00000272. The van der Waals surface area contributed by atoms with Gasteiger partial charge in [-0.15, -0.1) is 0 Å². The van der Waals surface area contributed by atoms with Crippen LogP contribution in [-0.4, -0.2) is 10.2 Å². The molecular weight excluding hydrogens is 504 g/mol. The molecule has 5 heteroatoms. The van der Waals surface area contributed by atoms with Gasteiger partial charge in [-0.1, -0.05) is 145 Å². The molecule has 0 aliphatic heterocycles. The summed E-state index contributed by atoms with van der Waals surface area (Å²) in [5.74, 6) is 0. The van der Waals surface area contributed by atoms with Gasteiger partial charge in [0.25, 0.3) is 0 Å². The van der Waals surface area contributed by atoms with Crippen molar-refractivity contribution in [2.24, 2.45) is 0 Å². The Morgan fingerprint density at radius 1 is 0.484 bits per heavy atom. The Kier molecular flexibility index (Phi) is 9.16. The fourth-order valence-electron chi connectivity index (χ4n) is 3.49. The maximum atomic E-state index is 7.28. The van der Waals surface area contributed by atoms with Crippen LogP contribution in [0, 0.1) is 0 Å². The molecule has 0 radical (unpaired) electrons. The molecule has 0 amide bonds. The number of hydrogen-bond acceptors (Lipinski definition) is 0. The molecule has 0 aliphatic rings. The van der Waals surface area contributed by atoms with Crippen LogP contribution in [0.3, 0.4) is 0 Å². The second kappa shape index (κ2) is 11.6. The van der Waals surface area contributed by atoms with E-state index >= 15 is 0 Å². The summed E-state index contributed by atoms with van der Waals surface area (Å²) in [7, 11) is -1.66. The molecular formula is C26H22Cl2NiP2. The van der Waals surface area contributed by atoms with Gasteiger partial charge < -0.3 is 0 Å². The maximum absolute atomic E-state index is 7.28. The molecule has 0 saturated carbocycles. The second-order valence-electron chi connectivity index (χ2n) is 6.93. The van der Waals surface area contributed by atoms with Crippen molar-refractivity contribution in [1.82, 2.24) is 0 Å². The molecule has 0 heterocycles. The summed E-state index contributed by atoms with van der Waals surface area (Å²) in [6.07, 6.45) is 0.689. The normalized spacial score (nSPS) is 11.4. The predicted octanol–water partition coefficient (Wildman–Crippen LogP) is 6.38. The average Bonchev–Trinajstić information content (AvgIpc) is 2.80. The van der Waals surface area contributed by atoms with E-state index in [1.54, 1.807) is 0 Å². The third kappa shape index (κ3) is 6.20. The van der Waals surface area contributed by atoms with E-state index in [1.165, 1.54) is 21.2 Å². The van der Waals surface area contributed by atoms with E-state index in [9.17, 15) is 0 Å². The van der Waals surface area contributed by atoms with Crippen LogP contribution in [0.4, 0.5) is 0 Å². The number of rotatable bonds is 7. The van der Waals surface area contributed by atoms with Crippen LogP contribution in [0.2, 0.25) is 0 Å². The molecule has 0 aliphatic carbocycles. The minimum absolute atomic E-state index is 0. The molecule has 0 nitrogen and oxygen atoms in total. The van der Waals surface area contributed by atoms with Crippen molar-refractivity contribution in [3.05, 3.63) is 121 Å². The summed E-state index contributed by atoms with van der Waals surface area (Å²) in [5, 5.41) is 4.97. The zero-order valence-electron chi connectivity index (χ0n) is 16.7. The molecule has 4 aromatic rings. The molecule has 4 aromatic carbocycles. The molecule has 0 saturated heterocycles. The van der Waals surface area contributed by atoms with Crippen LogP contribution < -0.4 is 21.2 Å². The molecule has 0 atom stereocenters. The van der Waals surface area contributed by atoms with Crippen molar-refractivity contribution in [3.8, 4) is 0 Å². The monoisotopic (exact) mass is 524 g/mol. The standard InChI is InChI=1S/C26H22Cl2P2.Ni/c27-26(28,30(24-17-9-3-10-18-24)25-19-11-4-12-20-25)21-29(22-13-5-1-6-14-22)23-15-7-2-8-16-23;/h1-20H,21H2;. The van der Waals surface area contributed by atoms with Gasteiger partial charge in [-0.2, -0.15) is 0 Å². The molecule has 0 spiro atoms. The summed E-state index contributed by atoms with van der Waals surface area (Å²) in [6, 6.07) is 42.1.